The van der Waals surface area contributed by atoms with Crippen LogP contribution in [0.2, 0.25) is 0 Å². The quantitative estimate of drug-likeness (QED) is 0.513. The molecule has 0 aliphatic rings. The van der Waals surface area contributed by atoms with Crippen molar-refractivity contribution in [3.8, 4) is 0 Å². The molecule has 5 nitrogen and oxygen atoms in total. The minimum absolute atomic E-state index is 0.130. The summed E-state index contributed by atoms with van der Waals surface area (Å²) in [6.45, 7) is 1.56. The summed E-state index contributed by atoms with van der Waals surface area (Å²) >= 11 is 0. The van der Waals surface area contributed by atoms with Crippen molar-refractivity contribution in [3.05, 3.63) is 0 Å². The van der Waals surface area contributed by atoms with Crippen molar-refractivity contribution >= 4 is 10.0 Å². The van der Waals surface area contributed by atoms with E-state index in [4.69, 9.17) is 4.74 Å². The molecule has 0 atom stereocenters. The monoisotopic (exact) mass is 210 g/mol. The highest BCUT2D eigenvalue weighted by atomic mass is 32.2. The molecule has 2 N–H and O–H groups in total. The highest BCUT2D eigenvalue weighted by Gasteiger charge is 2.07. The Morgan fingerprint density at radius 3 is 2.54 bits per heavy atom. The molecule has 0 unspecified atom stereocenters. The molecule has 0 aliphatic heterocycles. The average molecular weight is 210 g/mol. The molecule has 0 bridgehead atoms. The lowest BCUT2D eigenvalue weighted by Gasteiger charge is -2.05. The molecule has 0 radical (unpaired) electrons. The molecule has 0 fully saturated rings. The third-order valence-electron chi connectivity index (χ3n) is 1.46. The number of nitrogens with one attached hydrogen (secondary N) is 2. The Labute approximate surface area is 79.9 Å². The van der Waals surface area contributed by atoms with E-state index in [9.17, 15) is 8.42 Å². The minimum Gasteiger partial charge on any atom is -0.385 e. The zero-order valence-electron chi connectivity index (χ0n) is 8.17. The standard InChI is InChI=1S/C7H18N2O3S/c1-8-4-5-9-13(10,11)7-3-6-12-2/h8-9H,3-7H2,1-2H3. The van der Waals surface area contributed by atoms with Gasteiger partial charge in [-0.2, -0.15) is 0 Å². The molecule has 0 saturated carbocycles. The lowest BCUT2D eigenvalue weighted by atomic mass is 10.5. The predicted octanol–water partition coefficient (Wildman–Crippen LogP) is -0.838. The second-order valence-electron chi connectivity index (χ2n) is 2.66. The van der Waals surface area contributed by atoms with Gasteiger partial charge in [0.25, 0.3) is 0 Å². The van der Waals surface area contributed by atoms with Crippen molar-refractivity contribution in [2.24, 2.45) is 0 Å². The molecule has 0 heterocycles. The van der Waals surface area contributed by atoms with Crippen LogP contribution in [0.5, 0.6) is 0 Å². The van der Waals surface area contributed by atoms with Crippen LogP contribution in [-0.2, 0) is 14.8 Å². The summed E-state index contributed by atoms with van der Waals surface area (Å²) in [6.07, 6.45) is 0.533. The number of hydrogen-bond donors (Lipinski definition) is 2. The molecule has 0 aromatic carbocycles. The van der Waals surface area contributed by atoms with E-state index in [1.807, 2.05) is 0 Å². The van der Waals surface area contributed by atoms with E-state index < -0.39 is 10.0 Å². The Morgan fingerprint density at radius 2 is 2.00 bits per heavy atom. The largest absolute Gasteiger partial charge is 0.385 e. The summed E-state index contributed by atoms with van der Waals surface area (Å²) in [5.41, 5.74) is 0. The van der Waals surface area contributed by atoms with Gasteiger partial charge in [0.2, 0.25) is 10.0 Å². The van der Waals surface area contributed by atoms with Gasteiger partial charge in [0.1, 0.15) is 0 Å². The summed E-state index contributed by atoms with van der Waals surface area (Å²) in [5, 5.41) is 2.86. The normalized spacial score (nSPS) is 11.8. The van der Waals surface area contributed by atoms with E-state index in [2.05, 4.69) is 10.0 Å². The Balaban J connectivity index is 3.55. The van der Waals surface area contributed by atoms with Gasteiger partial charge in [0.05, 0.1) is 5.75 Å². The third kappa shape index (κ3) is 8.17. The van der Waals surface area contributed by atoms with Gasteiger partial charge < -0.3 is 10.1 Å². The maximum Gasteiger partial charge on any atom is 0.211 e. The van der Waals surface area contributed by atoms with E-state index in [1.54, 1.807) is 14.2 Å². The molecule has 0 amide bonds. The molecule has 0 aliphatic carbocycles. The summed E-state index contributed by atoms with van der Waals surface area (Å²) in [4.78, 5) is 0. The minimum atomic E-state index is -3.10. The van der Waals surface area contributed by atoms with E-state index in [-0.39, 0.29) is 5.75 Å². The lowest BCUT2D eigenvalue weighted by molar-refractivity contribution is 0.199. The van der Waals surface area contributed by atoms with Gasteiger partial charge in [0, 0.05) is 26.8 Å². The van der Waals surface area contributed by atoms with Crippen LogP contribution in [0.25, 0.3) is 0 Å². The maximum absolute atomic E-state index is 11.2. The first-order valence-corrected chi connectivity index (χ1v) is 5.88. The number of sulfonamides is 1. The maximum atomic E-state index is 11.2. The van der Waals surface area contributed by atoms with E-state index in [1.165, 1.54) is 0 Å². The fourth-order valence-corrected chi connectivity index (χ4v) is 1.85. The van der Waals surface area contributed by atoms with Gasteiger partial charge in [-0.3, -0.25) is 0 Å². The molecule has 13 heavy (non-hydrogen) atoms. The van der Waals surface area contributed by atoms with E-state index in [0.717, 1.165) is 0 Å². The first-order chi connectivity index (χ1) is 6.12. The molecule has 6 heteroatoms. The van der Waals surface area contributed by atoms with Crippen molar-refractivity contribution in [1.82, 2.24) is 10.0 Å². The first kappa shape index (κ1) is 12.8. The SMILES string of the molecule is CNCCNS(=O)(=O)CCCOC. The molecule has 0 aromatic rings. The zero-order valence-corrected chi connectivity index (χ0v) is 8.99. The van der Waals surface area contributed by atoms with Crippen LogP contribution in [0.3, 0.4) is 0 Å². The van der Waals surface area contributed by atoms with Gasteiger partial charge in [-0.15, -0.1) is 0 Å². The second-order valence-corrected chi connectivity index (χ2v) is 4.59. The van der Waals surface area contributed by atoms with Gasteiger partial charge in [-0.25, -0.2) is 13.1 Å². The second kappa shape index (κ2) is 7.25. The Morgan fingerprint density at radius 1 is 1.31 bits per heavy atom. The average Bonchev–Trinajstić information content (AvgIpc) is 2.05. The highest BCUT2D eigenvalue weighted by Crippen LogP contribution is 1.89. The summed E-state index contributed by atoms with van der Waals surface area (Å²) in [6, 6.07) is 0. The van der Waals surface area contributed by atoms with Crippen molar-refractivity contribution in [2.45, 2.75) is 6.42 Å². The van der Waals surface area contributed by atoms with Crippen LogP contribution in [0.4, 0.5) is 0 Å². The fourth-order valence-electron chi connectivity index (χ4n) is 0.797. The number of likely N-dealkylation sites (N-methyl/N-ethyl adjacent to an activating group) is 1. The van der Waals surface area contributed by atoms with Crippen LogP contribution < -0.4 is 10.0 Å². The van der Waals surface area contributed by atoms with Crippen molar-refractivity contribution in [3.63, 3.8) is 0 Å². The highest BCUT2D eigenvalue weighted by molar-refractivity contribution is 7.89. The lowest BCUT2D eigenvalue weighted by Crippen LogP contribution is -2.32. The molecule has 0 rings (SSSR count). The van der Waals surface area contributed by atoms with Crippen LogP contribution in [0.1, 0.15) is 6.42 Å². The first-order valence-electron chi connectivity index (χ1n) is 4.23. The van der Waals surface area contributed by atoms with Crippen LogP contribution in [-0.4, -0.2) is 48.0 Å². The van der Waals surface area contributed by atoms with Gasteiger partial charge in [-0.1, -0.05) is 0 Å². The van der Waals surface area contributed by atoms with Gasteiger partial charge in [0.15, 0.2) is 0 Å². The summed E-state index contributed by atoms with van der Waals surface area (Å²) in [5.74, 6) is 0.130. The number of rotatable bonds is 8. The number of methoxy groups -OCH3 is 1. The third-order valence-corrected chi connectivity index (χ3v) is 2.93. The molecule has 80 valence electrons. The number of hydrogen-bond acceptors (Lipinski definition) is 4. The van der Waals surface area contributed by atoms with Gasteiger partial charge >= 0.3 is 0 Å². The molecular weight excluding hydrogens is 192 g/mol. The van der Waals surface area contributed by atoms with Crippen molar-refractivity contribution < 1.29 is 13.2 Å². The van der Waals surface area contributed by atoms with Gasteiger partial charge in [-0.05, 0) is 13.5 Å². The summed E-state index contributed by atoms with van der Waals surface area (Å²) in [7, 11) is 0.238. The zero-order chi connectivity index (χ0) is 10.2. The Hall–Kier alpha value is -0.170. The van der Waals surface area contributed by atoms with E-state index in [0.29, 0.717) is 26.1 Å². The predicted molar refractivity (Wildman–Crippen MR) is 52.2 cm³/mol. The molecule has 0 saturated heterocycles. The van der Waals surface area contributed by atoms with Crippen LogP contribution >= 0.6 is 0 Å². The topological polar surface area (TPSA) is 67.4 Å². The van der Waals surface area contributed by atoms with Crippen LogP contribution in [0.15, 0.2) is 0 Å². The van der Waals surface area contributed by atoms with Crippen molar-refractivity contribution in [2.75, 3.05) is 39.6 Å². The molecule has 0 aromatic heterocycles. The smallest absolute Gasteiger partial charge is 0.211 e. The molecule has 0 spiro atoms. The van der Waals surface area contributed by atoms with Crippen LogP contribution in [0, 0.1) is 0 Å². The van der Waals surface area contributed by atoms with E-state index >= 15 is 0 Å². The van der Waals surface area contributed by atoms with Crippen molar-refractivity contribution in [1.29, 1.82) is 0 Å². The fraction of sp³-hybridized carbons (Fsp3) is 1.00. The number of ether oxygens (including phenoxy) is 1. The Bertz CT molecular complexity index is 188. The Kier molecular flexibility index (Phi) is 7.16. The molecular formula is C7H18N2O3S. The summed E-state index contributed by atoms with van der Waals surface area (Å²) < 4.78 is 29.6.